The molecule has 4 heterocycles. The smallest absolute Gasteiger partial charge is 0.124 e. The van der Waals surface area contributed by atoms with Crippen LogP contribution in [0.15, 0.2) is 126 Å². The van der Waals surface area contributed by atoms with E-state index in [9.17, 15) is 0 Å². The van der Waals surface area contributed by atoms with Crippen molar-refractivity contribution >= 4 is 34.0 Å². The molecule has 0 atom stereocenters. The summed E-state index contributed by atoms with van der Waals surface area (Å²) in [5, 5.41) is 13.3. The van der Waals surface area contributed by atoms with E-state index >= 15 is 0 Å². The number of hydrogen-bond acceptors (Lipinski definition) is 8. The molecule has 268 valence electrons. The number of pyridine rings is 2. The molecule has 3 aromatic carbocycles. The van der Waals surface area contributed by atoms with E-state index in [0.29, 0.717) is 0 Å². The summed E-state index contributed by atoms with van der Waals surface area (Å²) < 4.78 is 0. The minimum Gasteiger partial charge on any atom is -0.385 e. The van der Waals surface area contributed by atoms with Gasteiger partial charge in [-0.25, -0.2) is 9.97 Å². The van der Waals surface area contributed by atoms with Crippen LogP contribution >= 0.6 is 22.7 Å². The number of nitrogens with zero attached hydrogens (tertiary/aromatic N) is 4. The van der Waals surface area contributed by atoms with Gasteiger partial charge in [-0.05, 0) is 85.7 Å². The molecule has 0 radical (unpaired) electrons. The summed E-state index contributed by atoms with van der Waals surface area (Å²) >= 11 is 3.38. The third-order valence-electron chi connectivity index (χ3n) is 9.14. The molecule has 1 fully saturated rings. The van der Waals surface area contributed by atoms with E-state index in [-0.39, 0.29) is 0 Å². The average molecular weight is 735 g/mol. The third-order valence-corrected chi connectivity index (χ3v) is 10.9. The number of thiazole rings is 2. The summed E-state index contributed by atoms with van der Waals surface area (Å²) in [5.41, 5.74) is 12.5. The van der Waals surface area contributed by atoms with Gasteiger partial charge in [0.15, 0.2) is 0 Å². The Kier molecular flexibility index (Phi) is 12.3. The topological polar surface area (TPSA) is 75.6 Å². The molecule has 8 rings (SSSR count). The molecule has 0 aliphatic heterocycles. The zero-order chi connectivity index (χ0) is 36.2. The van der Waals surface area contributed by atoms with E-state index in [1.54, 1.807) is 22.7 Å². The fourth-order valence-electron chi connectivity index (χ4n) is 5.99. The fraction of sp³-hybridized carbons (Fsp3) is 0.244. The SMILES string of the molecule is CCCc1cc(-c2nc(-c3ccc(NCC4CC4)cc3)cs2)ccn1.CCCc1cc(-c2nc(-c3ccc(NCc4ccccc4)cc3)cs2)ccn1. The highest BCUT2D eigenvalue weighted by Crippen LogP contribution is 2.32. The van der Waals surface area contributed by atoms with E-state index in [1.807, 2.05) is 30.6 Å². The van der Waals surface area contributed by atoms with Gasteiger partial charge in [-0.15, -0.1) is 22.7 Å². The Balaban J connectivity index is 0.000000165. The van der Waals surface area contributed by atoms with Gasteiger partial charge in [0.1, 0.15) is 10.0 Å². The van der Waals surface area contributed by atoms with Crippen LogP contribution in [0.2, 0.25) is 0 Å². The molecule has 0 spiro atoms. The van der Waals surface area contributed by atoms with Crippen molar-refractivity contribution in [1.29, 1.82) is 0 Å². The summed E-state index contributed by atoms with van der Waals surface area (Å²) in [7, 11) is 0. The molecule has 2 N–H and O–H groups in total. The molecule has 0 bridgehead atoms. The Morgan fingerprint density at radius 3 is 1.58 bits per heavy atom. The number of nitrogens with one attached hydrogen (secondary N) is 2. The predicted molar refractivity (Wildman–Crippen MR) is 225 cm³/mol. The van der Waals surface area contributed by atoms with Gasteiger partial charge in [0.25, 0.3) is 0 Å². The number of aryl methyl sites for hydroxylation is 2. The van der Waals surface area contributed by atoms with Crippen molar-refractivity contribution in [2.75, 3.05) is 17.2 Å². The van der Waals surface area contributed by atoms with E-state index in [0.717, 1.165) is 99.9 Å². The Morgan fingerprint density at radius 1 is 0.585 bits per heavy atom. The number of aromatic nitrogens is 4. The predicted octanol–water partition coefficient (Wildman–Crippen LogP) is 12.1. The first-order valence-corrected chi connectivity index (χ1v) is 20.4. The number of hydrogen-bond donors (Lipinski definition) is 2. The van der Waals surface area contributed by atoms with Crippen LogP contribution in [0.25, 0.3) is 43.7 Å². The van der Waals surface area contributed by atoms with Gasteiger partial charge in [-0.1, -0.05) is 81.3 Å². The van der Waals surface area contributed by atoms with Crippen molar-refractivity contribution in [3.63, 3.8) is 0 Å². The van der Waals surface area contributed by atoms with Gasteiger partial charge in [-0.2, -0.15) is 0 Å². The summed E-state index contributed by atoms with van der Waals surface area (Å²) in [6.07, 6.45) is 10.8. The standard InChI is InChI=1S/C24H23N3S.C21H23N3S/c1-2-6-22-15-20(13-14-25-22)24-27-23(17-28-24)19-9-11-21(12-10-19)26-16-18-7-4-3-5-8-18;1-2-3-19-12-17(10-11-22-19)21-24-20(14-25-21)16-6-8-18(9-7-16)23-13-15-4-5-15/h3-5,7-15,17,26H,2,6,16H2,1H3;6-12,14-15,23H,2-5,13H2,1H3. The van der Waals surface area contributed by atoms with Crippen molar-refractivity contribution in [3.8, 4) is 43.7 Å². The van der Waals surface area contributed by atoms with Crippen molar-refractivity contribution in [2.24, 2.45) is 5.92 Å². The number of anilines is 2. The number of benzene rings is 3. The van der Waals surface area contributed by atoms with Gasteiger partial charge in [-0.3, -0.25) is 9.97 Å². The number of rotatable bonds is 14. The molecule has 0 amide bonds. The molecular formula is C45H46N6S2. The van der Waals surface area contributed by atoms with E-state index in [4.69, 9.17) is 9.97 Å². The molecule has 4 aromatic heterocycles. The molecule has 53 heavy (non-hydrogen) atoms. The second-order valence-electron chi connectivity index (χ2n) is 13.5. The lowest BCUT2D eigenvalue weighted by molar-refractivity contribution is 0.883. The first kappa shape index (κ1) is 36.2. The van der Waals surface area contributed by atoms with E-state index in [1.165, 1.54) is 29.7 Å². The van der Waals surface area contributed by atoms with Gasteiger partial charge in [0.2, 0.25) is 0 Å². The quantitative estimate of drug-likeness (QED) is 0.116. The maximum Gasteiger partial charge on any atom is 0.124 e. The van der Waals surface area contributed by atoms with Crippen LogP contribution in [0.4, 0.5) is 11.4 Å². The minimum absolute atomic E-state index is 0.823. The Labute approximate surface area is 321 Å². The Hall–Kier alpha value is -5.18. The molecule has 8 heteroatoms. The summed E-state index contributed by atoms with van der Waals surface area (Å²) in [4.78, 5) is 18.6. The van der Waals surface area contributed by atoms with Crippen LogP contribution in [0, 0.1) is 5.92 Å². The lowest BCUT2D eigenvalue weighted by Crippen LogP contribution is -2.02. The molecular weight excluding hydrogens is 689 g/mol. The lowest BCUT2D eigenvalue weighted by Gasteiger charge is -2.07. The highest BCUT2D eigenvalue weighted by atomic mass is 32.1. The molecule has 6 nitrogen and oxygen atoms in total. The molecule has 1 saturated carbocycles. The molecule has 0 unspecified atom stereocenters. The van der Waals surface area contributed by atoms with Crippen LogP contribution in [0.5, 0.6) is 0 Å². The molecule has 1 aliphatic carbocycles. The second kappa shape index (κ2) is 18.0. The monoisotopic (exact) mass is 734 g/mol. The van der Waals surface area contributed by atoms with Crippen LogP contribution in [0.3, 0.4) is 0 Å². The van der Waals surface area contributed by atoms with Crippen molar-refractivity contribution in [3.05, 3.63) is 143 Å². The van der Waals surface area contributed by atoms with Crippen LogP contribution in [0.1, 0.15) is 56.5 Å². The Bertz CT molecular complexity index is 2170. The largest absolute Gasteiger partial charge is 0.385 e. The second-order valence-corrected chi connectivity index (χ2v) is 15.2. The van der Waals surface area contributed by atoms with Crippen molar-refractivity contribution in [2.45, 2.75) is 58.9 Å². The van der Waals surface area contributed by atoms with Crippen LogP contribution in [-0.2, 0) is 19.4 Å². The maximum atomic E-state index is 4.85. The molecule has 0 saturated heterocycles. The third kappa shape index (κ3) is 10.2. The fourth-order valence-corrected chi connectivity index (χ4v) is 7.64. The van der Waals surface area contributed by atoms with Gasteiger partial charge < -0.3 is 10.6 Å². The minimum atomic E-state index is 0.823. The van der Waals surface area contributed by atoms with Crippen LogP contribution in [-0.4, -0.2) is 26.5 Å². The van der Waals surface area contributed by atoms with E-state index < -0.39 is 0 Å². The molecule has 7 aromatic rings. The van der Waals surface area contributed by atoms with Gasteiger partial charge >= 0.3 is 0 Å². The maximum absolute atomic E-state index is 4.85. The highest BCUT2D eigenvalue weighted by Gasteiger charge is 2.20. The van der Waals surface area contributed by atoms with Crippen molar-refractivity contribution < 1.29 is 0 Å². The summed E-state index contributed by atoms with van der Waals surface area (Å²) in [6.45, 7) is 6.28. The zero-order valence-corrected chi connectivity index (χ0v) is 32.1. The highest BCUT2D eigenvalue weighted by molar-refractivity contribution is 7.13. The molecule has 1 aliphatic rings. The van der Waals surface area contributed by atoms with Gasteiger partial charge in [0, 0.05) is 81.3 Å². The van der Waals surface area contributed by atoms with Crippen LogP contribution < -0.4 is 10.6 Å². The Morgan fingerprint density at radius 2 is 1.09 bits per heavy atom. The van der Waals surface area contributed by atoms with Gasteiger partial charge in [0.05, 0.1) is 11.4 Å². The van der Waals surface area contributed by atoms with Crippen molar-refractivity contribution in [1.82, 2.24) is 19.9 Å². The summed E-state index contributed by atoms with van der Waals surface area (Å²) in [5.74, 6) is 0.888. The first-order valence-electron chi connectivity index (χ1n) is 18.7. The average Bonchev–Trinajstić information content (AvgIpc) is 3.66. The normalized spacial score (nSPS) is 12.2. The summed E-state index contributed by atoms with van der Waals surface area (Å²) in [6, 6.07) is 35.9. The lowest BCUT2D eigenvalue weighted by atomic mass is 10.1. The van der Waals surface area contributed by atoms with E-state index in [2.05, 4.69) is 130 Å². The zero-order valence-electron chi connectivity index (χ0n) is 30.5. The first-order chi connectivity index (χ1) is 26.1.